The van der Waals surface area contributed by atoms with Crippen LogP contribution in [0.1, 0.15) is 25.3 Å². The van der Waals surface area contributed by atoms with Gasteiger partial charge in [0.25, 0.3) is 5.91 Å². The van der Waals surface area contributed by atoms with Crippen LogP contribution in [0.4, 0.5) is 0 Å². The number of carbonyl (C=O) groups excluding carboxylic acids is 2. The number of nitrogens with one attached hydrogen (secondary N) is 1. The lowest BCUT2D eigenvalue weighted by molar-refractivity contribution is -0.152. The van der Waals surface area contributed by atoms with E-state index in [9.17, 15) is 9.59 Å². The number of amides is 1. The molecule has 20 heavy (non-hydrogen) atoms. The highest BCUT2D eigenvalue weighted by Crippen LogP contribution is 2.22. The Balaban J connectivity index is 1.74. The van der Waals surface area contributed by atoms with Gasteiger partial charge in [-0.3, -0.25) is 9.59 Å². The number of hydrogen-bond acceptors (Lipinski definition) is 4. The van der Waals surface area contributed by atoms with E-state index in [4.69, 9.17) is 4.74 Å². The zero-order chi connectivity index (χ0) is 14.5. The van der Waals surface area contributed by atoms with Crippen LogP contribution in [0.15, 0.2) is 29.2 Å². The number of ether oxygens (including phenoxy) is 1. The van der Waals surface area contributed by atoms with E-state index in [0.717, 1.165) is 23.3 Å². The van der Waals surface area contributed by atoms with Gasteiger partial charge in [0.1, 0.15) is 0 Å². The molecule has 0 spiro atoms. The Morgan fingerprint density at radius 1 is 1.40 bits per heavy atom. The van der Waals surface area contributed by atoms with Crippen molar-refractivity contribution in [1.29, 1.82) is 0 Å². The van der Waals surface area contributed by atoms with Gasteiger partial charge >= 0.3 is 5.97 Å². The fraction of sp³-hybridized carbons (Fsp3) is 0.467. The monoisotopic (exact) mass is 293 g/mol. The first kappa shape index (κ1) is 14.9. The van der Waals surface area contributed by atoms with Crippen LogP contribution in [0.25, 0.3) is 0 Å². The summed E-state index contributed by atoms with van der Waals surface area (Å²) in [6.07, 6.45) is 1.33. The molecule has 2 rings (SSSR count). The number of esters is 1. The molecule has 0 aromatic heterocycles. The molecule has 1 aromatic rings. The van der Waals surface area contributed by atoms with Gasteiger partial charge in [-0.1, -0.05) is 18.2 Å². The molecule has 1 amide bonds. The quantitative estimate of drug-likeness (QED) is 0.646. The summed E-state index contributed by atoms with van der Waals surface area (Å²) in [5, 5.41) is 2.82. The van der Waals surface area contributed by atoms with Gasteiger partial charge in [-0.15, -0.1) is 11.8 Å². The maximum atomic E-state index is 11.7. The van der Waals surface area contributed by atoms with Crippen molar-refractivity contribution in [3.8, 4) is 0 Å². The molecule has 5 heteroatoms. The first-order chi connectivity index (χ1) is 9.56. The Morgan fingerprint density at radius 3 is 2.75 bits per heavy atom. The van der Waals surface area contributed by atoms with Gasteiger partial charge in [-0.2, -0.15) is 0 Å². The lowest BCUT2D eigenvalue weighted by Crippen LogP contribution is -2.37. The van der Waals surface area contributed by atoms with Gasteiger partial charge < -0.3 is 10.1 Å². The van der Waals surface area contributed by atoms with Gasteiger partial charge in [-0.25, -0.2) is 0 Å². The fourth-order valence-electron chi connectivity index (χ4n) is 1.69. The maximum Gasteiger partial charge on any atom is 0.317 e. The van der Waals surface area contributed by atoms with Crippen molar-refractivity contribution in [2.75, 3.05) is 5.75 Å². The Morgan fingerprint density at radius 2 is 2.10 bits per heavy atom. The molecule has 108 valence electrons. The molecule has 1 saturated carbocycles. The van der Waals surface area contributed by atoms with E-state index in [-0.39, 0.29) is 23.7 Å². The molecule has 0 aliphatic heterocycles. The van der Waals surface area contributed by atoms with Gasteiger partial charge in [-0.05, 0) is 38.3 Å². The lowest BCUT2D eigenvalue weighted by Gasteiger charge is -2.13. The molecule has 1 aromatic carbocycles. The third-order valence-corrected chi connectivity index (χ3v) is 4.19. The van der Waals surface area contributed by atoms with Crippen LogP contribution in [0.2, 0.25) is 0 Å². The predicted octanol–water partition coefficient (Wildman–Crippen LogP) is 2.30. The standard InChI is InChI=1S/C15H19NO3S/c1-10-5-3-4-6-13(10)20-9-14(17)19-11(2)15(18)16-12-7-8-12/h3-6,11-12H,7-9H2,1-2H3,(H,16,18)/t11-/m1/s1. The first-order valence-electron chi connectivity index (χ1n) is 6.74. The summed E-state index contributed by atoms with van der Waals surface area (Å²) < 4.78 is 5.13. The second kappa shape index (κ2) is 6.79. The van der Waals surface area contributed by atoms with Crippen molar-refractivity contribution in [3.05, 3.63) is 29.8 Å². The van der Waals surface area contributed by atoms with E-state index in [1.165, 1.54) is 11.8 Å². The average molecular weight is 293 g/mol. The molecule has 1 atom stereocenters. The van der Waals surface area contributed by atoms with E-state index in [1.807, 2.05) is 31.2 Å². The SMILES string of the molecule is Cc1ccccc1SCC(=O)O[C@H](C)C(=O)NC1CC1. The van der Waals surface area contributed by atoms with E-state index in [1.54, 1.807) is 6.92 Å². The van der Waals surface area contributed by atoms with Gasteiger partial charge in [0.05, 0.1) is 5.75 Å². The van der Waals surface area contributed by atoms with Crippen molar-refractivity contribution >= 4 is 23.6 Å². The predicted molar refractivity (Wildman–Crippen MR) is 78.6 cm³/mol. The zero-order valence-corrected chi connectivity index (χ0v) is 12.5. The summed E-state index contributed by atoms with van der Waals surface area (Å²) in [6, 6.07) is 8.15. The summed E-state index contributed by atoms with van der Waals surface area (Å²) in [6.45, 7) is 3.60. The number of rotatable bonds is 6. The Bertz CT molecular complexity index is 500. The van der Waals surface area contributed by atoms with Crippen LogP contribution < -0.4 is 5.32 Å². The summed E-state index contributed by atoms with van der Waals surface area (Å²) >= 11 is 1.43. The number of thioether (sulfide) groups is 1. The average Bonchev–Trinajstić information content (AvgIpc) is 3.21. The first-order valence-corrected chi connectivity index (χ1v) is 7.73. The maximum absolute atomic E-state index is 11.7. The second-order valence-electron chi connectivity index (χ2n) is 4.97. The van der Waals surface area contributed by atoms with E-state index in [0.29, 0.717) is 0 Å². The molecule has 4 nitrogen and oxygen atoms in total. The van der Waals surface area contributed by atoms with E-state index in [2.05, 4.69) is 5.32 Å². The summed E-state index contributed by atoms with van der Waals surface area (Å²) in [5.74, 6) is -0.357. The Labute approximate surface area is 123 Å². The van der Waals surface area contributed by atoms with Crippen molar-refractivity contribution < 1.29 is 14.3 Å². The molecule has 0 heterocycles. The van der Waals surface area contributed by atoms with Crippen LogP contribution >= 0.6 is 11.8 Å². The molecule has 1 fully saturated rings. The Kier molecular flexibility index (Phi) is 5.06. The second-order valence-corrected chi connectivity index (χ2v) is 5.99. The van der Waals surface area contributed by atoms with Gasteiger partial charge in [0, 0.05) is 10.9 Å². The molecular formula is C15H19NO3S. The van der Waals surface area contributed by atoms with Crippen molar-refractivity contribution in [1.82, 2.24) is 5.32 Å². The van der Waals surface area contributed by atoms with Crippen LogP contribution in [-0.4, -0.2) is 29.8 Å². The van der Waals surface area contributed by atoms with Gasteiger partial charge in [0.15, 0.2) is 6.10 Å². The number of aryl methyl sites for hydroxylation is 1. The zero-order valence-electron chi connectivity index (χ0n) is 11.7. The highest BCUT2D eigenvalue weighted by molar-refractivity contribution is 8.00. The minimum atomic E-state index is -0.722. The van der Waals surface area contributed by atoms with E-state index < -0.39 is 6.10 Å². The molecule has 1 aliphatic rings. The number of hydrogen-bond donors (Lipinski definition) is 1. The number of benzene rings is 1. The molecule has 0 saturated heterocycles. The minimum Gasteiger partial charge on any atom is -0.452 e. The molecule has 0 bridgehead atoms. The summed E-state index contributed by atoms with van der Waals surface area (Å²) in [7, 11) is 0. The van der Waals surface area contributed by atoms with Crippen LogP contribution in [0.5, 0.6) is 0 Å². The fourth-order valence-corrected chi connectivity index (χ4v) is 2.50. The third-order valence-electron chi connectivity index (χ3n) is 3.04. The topological polar surface area (TPSA) is 55.4 Å². The third kappa shape index (κ3) is 4.56. The van der Waals surface area contributed by atoms with Crippen molar-refractivity contribution in [2.45, 2.75) is 43.7 Å². The van der Waals surface area contributed by atoms with Gasteiger partial charge in [0.2, 0.25) is 0 Å². The highest BCUT2D eigenvalue weighted by Gasteiger charge is 2.27. The lowest BCUT2D eigenvalue weighted by atomic mass is 10.2. The molecule has 0 radical (unpaired) electrons. The summed E-state index contributed by atoms with van der Waals surface area (Å²) in [4.78, 5) is 24.4. The summed E-state index contributed by atoms with van der Waals surface area (Å²) in [5.41, 5.74) is 1.13. The smallest absolute Gasteiger partial charge is 0.317 e. The number of carbonyl (C=O) groups is 2. The minimum absolute atomic E-state index is 0.207. The molecule has 0 unspecified atom stereocenters. The van der Waals surface area contributed by atoms with Crippen LogP contribution in [0, 0.1) is 6.92 Å². The normalized spacial score (nSPS) is 15.5. The van der Waals surface area contributed by atoms with E-state index >= 15 is 0 Å². The van der Waals surface area contributed by atoms with Crippen LogP contribution in [-0.2, 0) is 14.3 Å². The molecular weight excluding hydrogens is 274 g/mol. The molecule has 1 N–H and O–H groups in total. The largest absolute Gasteiger partial charge is 0.452 e. The van der Waals surface area contributed by atoms with Crippen molar-refractivity contribution in [2.24, 2.45) is 0 Å². The van der Waals surface area contributed by atoms with Crippen LogP contribution in [0.3, 0.4) is 0 Å². The molecule has 1 aliphatic carbocycles. The Hall–Kier alpha value is -1.49. The highest BCUT2D eigenvalue weighted by atomic mass is 32.2. The van der Waals surface area contributed by atoms with Crippen molar-refractivity contribution in [3.63, 3.8) is 0 Å².